The fourth-order valence-corrected chi connectivity index (χ4v) is 2.97. The third-order valence-electron chi connectivity index (χ3n) is 3.14. The van der Waals surface area contributed by atoms with Gasteiger partial charge < -0.3 is 21.3 Å². The fourth-order valence-electron chi connectivity index (χ4n) is 2.02. The first kappa shape index (κ1) is 14.6. The van der Waals surface area contributed by atoms with Crippen LogP contribution in [0, 0.1) is 0 Å². The summed E-state index contributed by atoms with van der Waals surface area (Å²) in [5.41, 5.74) is 5.80. The molecule has 1 aliphatic rings. The van der Waals surface area contributed by atoms with Gasteiger partial charge in [-0.25, -0.2) is 4.98 Å². The smallest absolute Gasteiger partial charge is 0.265 e. The molecule has 0 bridgehead atoms. The molecule has 1 aromatic rings. The Kier molecular flexibility index (Phi) is 4.78. The second-order valence-electron chi connectivity index (χ2n) is 4.58. The van der Waals surface area contributed by atoms with Crippen LogP contribution in [-0.4, -0.2) is 43.5 Å². The average molecular weight is 297 g/mol. The molecule has 2 rings (SSSR count). The van der Waals surface area contributed by atoms with Crippen molar-refractivity contribution in [1.82, 2.24) is 15.6 Å². The zero-order valence-electron chi connectivity index (χ0n) is 11.4. The Balaban J connectivity index is 1.94. The summed E-state index contributed by atoms with van der Waals surface area (Å²) < 4.78 is 0. The maximum atomic E-state index is 12.0. The first-order valence-corrected chi connectivity index (χ1v) is 7.43. The van der Waals surface area contributed by atoms with Crippen LogP contribution in [0.1, 0.15) is 28.9 Å². The van der Waals surface area contributed by atoms with Crippen molar-refractivity contribution in [3.05, 3.63) is 4.88 Å². The Bertz CT molecular complexity index is 496. The Morgan fingerprint density at radius 1 is 1.40 bits per heavy atom. The number of nitrogens with one attached hydrogen (secondary N) is 2. The van der Waals surface area contributed by atoms with Crippen molar-refractivity contribution in [3.63, 3.8) is 0 Å². The third kappa shape index (κ3) is 3.38. The molecule has 1 fully saturated rings. The SMILES string of the molecule is CNC(=O)CCNC(=O)c1sc(N2CCCC2)nc1N. The number of carbonyl (C=O) groups is 2. The molecule has 7 nitrogen and oxygen atoms in total. The van der Waals surface area contributed by atoms with Gasteiger partial charge in [0.2, 0.25) is 5.91 Å². The highest BCUT2D eigenvalue weighted by molar-refractivity contribution is 7.18. The lowest BCUT2D eigenvalue weighted by Gasteiger charge is -2.11. The Hall–Kier alpha value is -1.83. The Morgan fingerprint density at radius 3 is 2.75 bits per heavy atom. The molecule has 0 unspecified atom stereocenters. The molecule has 0 atom stereocenters. The average Bonchev–Trinajstić information content (AvgIpc) is 3.07. The van der Waals surface area contributed by atoms with Gasteiger partial charge in [0.1, 0.15) is 10.7 Å². The summed E-state index contributed by atoms with van der Waals surface area (Å²) in [6.45, 7) is 2.21. The lowest BCUT2D eigenvalue weighted by atomic mass is 10.4. The summed E-state index contributed by atoms with van der Waals surface area (Å²) in [5, 5.41) is 5.98. The molecule has 0 radical (unpaired) electrons. The minimum Gasteiger partial charge on any atom is -0.382 e. The van der Waals surface area contributed by atoms with E-state index in [9.17, 15) is 9.59 Å². The molecule has 2 heterocycles. The molecule has 4 N–H and O–H groups in total. The minimum atomic E-state index is -0.269. The van der Waals surface area contributed by atoms with E-state index in [2.05, 4.69) is 20.5 Å². The van der Waals surface area contributed by atoms with E-state index in [0.29, 0.717) is 4.88 Å². The first-order chi connectivity index (χ1) is 9.61. The lowest BCUT2D eigenvalue weighted by molar-refractivity contribution is -0.120. The molecule has 0 saturated carbocycles. The van der Waals surface area contributed by atoms with Crippen LogP contribution in [0.2, 0.25) is 0 Å². The van der Waals surface area contributed by atoms with E-state index in [1.807, 2.05) is 0 Å². The van der Waals surface area contributed by atoms with E-state index in [1.54, 1.807) is 7.05 Å². The van der Waals surface area contributed by atoms with Crippen molar-refractivity contribution < 1.29 is 9.59 Å². The highest BCUT2D eigenvalue weighted by Crippen LogP contribution is 2.30. The van der Waals surface area contributed by atoms with Crippen molar-refractivity contribution in [2.75, 3.05) is 37.3 Å². The maximum Gasteiger partial charge on any atom is 0.265 e. The number of anilines is 2. The summed E-state index contributed by atoms with van der Waals surface area (Å²) >= 11 is 1.31. The summed E-state index contributed by atoms with van der Waals surface area (Å²) in [4.78, 5) is 29.9. The summed E-state index contributed by atoms with van der Waals surface area (Å²) in [6.07, 6.45) is 2.54. The molecule has 1 aliphatic heterocycles. The number of hydrogen-bond donors (Lipinski definition) is 3. The molecule has 1 aromatic heterocycles. The molecule has 110 valence electrons. The van der Waals surface area contributed by atoms with Gasteiger partial charge in [0.25, 0.3) is 5.91 Å². The van der Waals surface area contributed by atoms with Gasteiger partial charge in [0, 0.05) is 33.1 Å². The standard InChI is InChI=1S/C12H19N5O2S/c1-14-8(18)4-5-15-11(19)9-10(13)16-12(20-9)17-6-2-3-7-17/h2-7,13H2,1H3,(H,14,18)(H,15,19). The molecular weight excluding hydrogens is 278 g/mol. The number of thiazole rings is 1. The number of hydrogen-bond acceptors (Lipinski definition) is 6. The molecule has 1 saturated heterocycles. The van der Waals surface area contributed by atoms with E-state index in [0.717, 1.165) is 31.1 Å². The minimum absolute atomic E-state index is 0.111. The number of nitrogen functional groups attached to an aromatic ring is 1. The topological polar surface area (TPSA) is 100 Å². The van der Waals surface area contributed by atoms with Crippen LogP contribution in [-0.2, 0) is 4.79 Å². The van der Waals surface area contributed by atoms with Crippen molar-refractivity contribution in [2.45, 2.75) is 19.3 Å². The quantitative estimate of drug-likeness (QED) is 0.720. The molecule has 0 aromatic carbocycles. The van der Waals surface area contributed by atoms with Crippen LogP contribution in [0.4, 0.5) is 10.9 Å². The monoisotopic (exact) mass is 297 g/mol. The predicted molar refractivity (Wildman–Crippen MR) is 79.0 cm³/mol. The van der Waals surface area contributed by atoms with E-state index in [-0.39, 0.29) is 30.6 Å². The normalized spacial score (nSPS) is 14.3. The summed E-state index contributed by atoms with van der Waals surface area (Å²) in [6, 6.07) is 0. The largest absolute Gasteiger partial charge is 0.382 e. The van der Waals surface area contributed by atoms with Gasteiger partial charge in [0.05, 0.1) is 0 Å². The number of aromatic nitrogens is 1. The zero-order valence-corrected chi connectivity index (χ0v) is 12.3. The van der Waals surface area contributed by atoms with Crippen LogP contribution in [0.25, 0.3) is 0 Å². The fraction of sp³-hybridized carbons (Fsp3) is 0.583. The number of carbonyl (C=O) groups excluding carboxylic acids is 2. The first-order valence-electron chi connectivity index (χ1n) is 6.62. The lowest BCUT2D eigenvalue weighted by Crippen LogP contribution is -2.29. The number of nitrogens with two attached hydrogens (primary N) is 1. The van der Waals surface area contributed by atoms with Crippen molar-refractivity contribution >= 4 is 34.1 Å². The van der Waals surface area contributed by atoms with Gasteiger partial charge in [0.15, 0.2) is 5.13 Å². The van der Waals surface area contributed by atoms with Crippen molar-refractivity contribution in [2.24, 2.45) is 0 Å². The van der Waals surface area contributed by atoms with E-state index in [1.165, 1.54) is 11.3 Å². The zero-order chi connectivity index (χ0) is 14.5. The number of nitrogens with zero attached hydrogens (tertiary/aromatic N) is 2. The van der Waals surface area contributed by atoms with Crippen molar-refractivity contribution in [1.29, 1.82) is 0 Å². The van der Waals surface area contributed by atoms with E-state index in [4.69, 9.17) is 5.73 Å². The van der Waals surface area contributed by atoms with Crippen LogP contribution >= 0.6 is 11.3 Å². The van der Waals surface area contributed by atoms with Crippen LogP contribution < -0.4 is 21.3 Å². The molecule has 2 amide bonds. The number of amides is 2. The molecule has 0 spiro atoms. The second kappa shape index (κ2) is 6.56. The van der Waals surface area contributed by atoms with Gasteiger partial charge in [-0.3, -0.25) is 9.59 Å². The highest BCUT2D eigenvalue weighted by Gasteiger charge is 2.21. The van der Waals surface area contributed by atoms with Crippen LogP contribution in [0.15, 0.2) is 0 Å². The van der Waals surface area contributed by atoms with Gasteiger partial charge in [-0.1, -0.05) is 11.3 Å². The molecule has 0 aliphatic carbocycles. The van der Waals surface area contributed by atoms with Crippen LogP contribution in [0.3, 0.4) is 0 Å². The molecular formula is C12H19N5O2S. The van der Waals surface area contributed by atoms with E-state index >= 15 is 0 Å². The highest BCUT2D eigenvalue weighted by atomic mass is 32.1. The van der Waals surface area contributed by atoms with Crippen molar-refractivity contribution in [3.8, 4) is 0 Å². The third-order valence-corrected chi connectivity index (χ3v) is 4.27. The second-order valence-corrected chi connectivity index (χ2v) is 5.56. The Labute approximate surface area is 121 Å². The number of rotatable bonds is 5. The van der Waals surface area contributed by atoms with E-state index < -0.39 is 0 Å². The molecule has 20 heavy (non-hydrogen) atoms. The predicted octanol–water partition coefficient (Wildman–Crippen LogP) is 0.191. The van der Waals surface area contributed by atoms with Crippen LogP contribution in [0.5, 0.6) is 0 Å². The Morgan fingerprint density at radius 2 is 2.10 bits per heavy atom. The summed E-state index contributed by atoms with van der Waals surface area (Å²) in [7, 11) is 1.56. The maximum absolute atomic E-state index is 12.0. The van der Waals surface area contributed by atoms with Gasteiger partial charge in [-0.15, -0.1) is 0 Å². The summed E-state index contributed by atoms with van der Waals surface area (Å²) in [5.74, 6) is -0.121. The van der Waals surface area contributed by atoms with Gasteiger partial charge in [-0.2, -0.15) is 0 Å². The van der Waals surface area contributed by atoms with Gasteiger partial charge >= 0.3 is 0 Å². The van der Waals surface area contributed by atoms with Gasteiger partial charge in [-0.05, 0) is 12.8 Å². The molecule has 8 heteroatoms.